The van der Waals surface area contributed by atoms with E-state index in [9.17, 15) is 14.0 Å². The Morgan fingerprint density at radius 2 is 2.12 bits per heavy atom. The molecule has 2 amide bonds. The largest absolute Gasteiger partial charge is 0.463 e. The monoisotopic (exact) mass is 330 g/mol. The van der Waals surface area contributed by atoms with Gasteiger partial charge in [0.05, 0.1) is 0 Å². The lowest BCUT2D eigenvalue weighted by molar-refractivity contribution is -0.117. The summed E-state index contributed by atoms with van der Waals surface area (Å²) >= 11 is 0. The molecule has 0 unspecified atom stereocenters. The maximum absolute atomic E-state index is 12.5. The second-order valence-electron chi connectivity index (χ2n) is 5.17. The predicted molar refractivity (Wildman–Crippen MR) is 83.3 cm³/mol. The molecule has 24 heavy (non-hydrogen) atoms. The minimum atomic E-state index is -0.916. The number of halogens is 1. The molecule has 0 radical (unpaired) electrons. The van der Waals surface area contributed by atoms with Crippen molar-refractivity contribution in [3.63, 3.8) is 0 Å². The van der Waals surface area contributed by atoms with Crippen LogP contribution in [0.4, 0.5) is 10.3 Å². The van der Waals surface area contributed by atoms with E-state index in [-0.39, 0.29) is 24.3 Å². The summed E-state index contributed by atoms with van der Waals surface area (Å²) in [5, 5.41) is 2.54. The SMILES string of the molecule is O=C(CN1CCc2cc(OCF)ccc2C1=O)Nc1ncccn1. The van der Waals surface area contributed by atoms with E-state index in [4.69, 9.17) is 4.74 Å². The Labute approximate surface area is 137 Å². The van der Waals surface area contributed by atoms with Crippen LogP contribution in [0.1, 0.15) is 15.9 Å². The lowest BCUT2D eigenvalue weighted by atomic mass is 9.98. The van der Waals surface area contributed by atoms with E-state index >= 15 is 0 Å². The summed E-state index contributed by atoms with van der Waals surface area (Å²) in [4.78, 5) is 33.8. The maximum Gasteiger partial charge on any atom is 0.254 e. The molecule has 3 rings (SSSR count). The number of hydrogen-bond donors (Lipinski definition) is 1. The van der Waals surface area contributed by atoms with Crippen molar-refractivity contribution in [3.05, 3.63) is 47.8 Å². The summed E-state index contributed by atoms with van der Waals surface area (Å²) in [5.74, 6) is -0.0283. The van der Waals surface area contributed by atoms with Crippen LogP contribution in [0.15, 0.2) is 36.7 Å². The van der Waals surface area contributed by atoms with Crippen molar-refractivity contribution in [2.75, 3.05) is 25.3 Å². The van der Waals surface area contributed by atoms with Crippen LogP contribution in [0.3, 0.4) is 0 Å². The zero-order valence-electron chi connectivity index (χ0n) is 12.7. The average Bonchev–Trinajstić information content (AvgIpc) is 2.59. The molecule has 1 aromatic carbocycles. The number of alkyl halides is 1. The highest BCUT2D eigenvalue weighted by molar-refractivity contribution is 6.00. The Kier molecular flexibility index (Phi) is 4.64. The topological polar surface area (TPSA) is 84.4 Å². The van der Waals surface area contributed by atoms with Gasteiger partial charge in [0.25, 0.3) is 5.91 Å². The molecule has 0 atom stereocenters. The fraction of sp³-hybridized carbons (Fsp3) is 0.250. The Morgan fingerprint density at radius 3 is 2.88 bits per heavy atom. The third-order valence-electron chi connectivity index (χ3n) is 3.62. The lowest BCUT2D eigenvalue weighted by Gasteiger charge is -2.28. The highest BCUT2D eigenvalue weighted by Gasteiger charge is 2.26. The summed E-state index contributed by atoms with van der Waals surface area (Å²) in [6.45, 7) is -0.603. The second kappa shape index (κ2) is 7.03. The summed E-state index contributed by atoms with van der Waals surface area (Å²) in [6, 6.07) is 6.42. The number of anilines is 1. The Bertz CT molecular complexity index is 754. The van der Waals surface area contributed by atoms with Gasteiger partial charge in [-0.15, -0.1) is 0 Å². The molecular weight excluding hydrogens is 315 g/mol. The van der Waals surface area contributed by atoms with Crippen molar-refractivity contribution in [2.45, 2.75) is 6.42 Å². The van der Waals surface area contributed by atoms with Crippen molar-refractivity contribution in [1.82, 2.24) is 14.9 Å². The minimum Gasteiger partial charge on any atom is -0.463 e. The molecule has 0 spiro atoms. The van der Waals surface area contributed by atoms with Crippen LogP contribution in [0, 0.1) is 0 Å². The van der Waals surface area contributed by atoms with Crippen LogP contribution < -0.4 is 10.1 Å². The van der Waals surface area contributed by atoms with Crippen molar-refractivity contribution in [3.8, 4) is 5.75 Å². The van der Waals surface area contributed by atoms with E-state index in [2.05, 4.69) is 15.3 Å². The first-order valence-electron chi connectivity index (χ1n) is 7.35. The van der Waals surface area contributed by atoms with E-state index in [1.807, 2.05) is 0 Å². The lowest BCUT2D eigenvalue weighted by Crippen LogP contribution is -2.42. The first-order valence-corrected chi connectivity index (χ1v) is 7.35. The van der Waals surface area contributed by atoms with E-state index in [1.54, 1.807) is 18.2 Å². The minimum absolute atomic E-state index is 0.0841. The normalized spacial score (nSPS) is 13.4. The molecule has 0 aliphatic carbocycles. The molecule has 1 N–H and O–H groups in total. The summed E-state index contributed by atoms with van der Waals surface area (Å²) in [5.41, 5.74) is 1.28. The summed E-state index contributed by atoms with van der Waals surface area (Å²) in [7, 11) is 0. The van der Waals surface area contributed by atoms with Gasteiger partial charge in [0, 0.05) is 24.5 Å². The number of aromatic nitrogens is 2. The number of ether oxygens (including phenoxy) is 1. The molecule has 2 aromatic rings. The van der Waals surface area contributed by atoms with Gasteiger partial charge in [0.1, 0.15) is 12.3 Å². The quantitative estimate of drug-likeness (QED) is 0.896. The van der Waals surface area contributed by atoms with Crippen molar-refractivity contribution in [2.24, 2.45) is 0 Å². The van der Waals surface area contributed by atoms with Crippen LogP contribution in [0.5, 0.6) is 5.75 Å². The number of carbonyl (C=O) groups excluding carboxylic acids is 2. The Hall–Kier alpha value is -3.03. The van der Waals surface area contributed by atoms with E-state index in [0.29, 0.717) is 24.3 Å². The third kappa shape index (κ3) is 3.48. The highest BCUT2D eigenvalue weighted by Crippen LogP contribution is 2.24. The van der Waals surface area contributed by atoms with Gasteiger partial charge >= 0.3 is 0 Å². The molecule has 0 saturated carbocycles. The smallest absolute Gasteiger partial charge is 0.254 e. The van der Waals surface area contributed by atoms with Crippen LogP contribution in [0.25, 0.3) is 0 Å². The van der Waals surface area contributed by atoms with E-state index in [0.717, 1.165) is 5.56 Å². The predicted octanol–water partition coefficient (Wildman–Crippen LogP) is 1.42. The van der Waals surface area contributed by atoms with Gasteiger partial charge in [0.15, 0.2) is 0 Å². The molecule has 1 aromatic heterocycles. The molecule has 1 aliphatic heterocycles. The standard InChI is InChI=1S/C16H15FN4O3/c17-10-24-12-2-3-13-11(8-12)4-7-21(15(13)23)9-14(22)20-16-18-5-1-6-19-16/h1-3,5-6,8H,4,7,9-10H2,(H,18,19,20,22). The number of fused-ring (bicyclic) bond motifs is 1. The zero-order chi connectivity index (χ0) is 16.9. The van der Waals surface area contributed by atoms with E-state index < -0.39 is 6.86 Å². The van der Waals surface area contributed by atoms with Gasteiger partial charge in [-0.1, -0.05) is 0 Å². The number of carbonyl (C=O) groups is 2. The van der Waals surface area contributed by atoms with Gasteiger partial charge in [-0.25, -0.2) is 14.4 Å². The molecular formula is C16H15FN4O3. The number of amides is 2. The number of nitrogens with one attached hydrogen (secondary N) is 1. The Balaban J connectivity index is 1.66. The van der Waals surface area contributed by atoms with Gasteiger partial charge < -0.3 is 9.64 Å². The first-order chi connectivity index (χ1) is 11.7. The van der Waals surface area contributed by atoms with Crippen LogP contribution in [0.2, 0.25) is 0 Å². The molecule has 0 saturated heterocycles. The van der Waals surface area contributed by atoms with E-state index in [1.165, 1.54) is 23.4 Å². The van der Waals surface area contributed by atoms with Crippen LogP contribution in [-0.4, -0.2) is 46.6 Å². The molecule has 8 heteroatoms. The average molecular weight is 330 g/mol. The first kappa shape index (κ1) is 15.9. The van der Waals surface area contributed by atoms with Crippen molar-refractivity contribution in [1.29, 1.82) is 0 Å². The highest BCUT2D eigenvalue weighted by atomic mass is 19.1. The molecule has 0 bridgehead atoms. The van der Waals surface area contributed by atoms with Crippen molar-refractivity contribution < 1.29 is 18.7 Å². The number of rotatable bonds is 5. The Morgan fingerprint density at radius 1 is 1.33 bits per heavy atom. The van der Waals surface area contributed by atoms with Crippen LogP contribution >= 0.6 is 0 Å². The number of benzene rings is 1. The second-order valence-corrected chi connectivity index (χ2v) is 5.17. The summed E-state index contributed by atoms with van der Waals surface area (Å²) in [6.07, 6.45) is 3.60. The van der Waals surface area contributed by atoms with Crippen molar-refractivity contribution >= 4 is 17.8 Å². The number of nitrogens with zero attached hydrogens (tertiary/aromatic N) is 3. The zero-order valence-corrected chi connectivity index (χ0v) is 12.7. The van der Waals surface area contributed by atoms with Gasteiger partial charge in [-0.2, -0.15) is 0 Å². The molecule has 2 heterocycles. The molecule has 124 valence electrons. The van der Waals surface area contributed by atoms with Gasteiger partial charge in [-0.05, 0) is 36.2 Å². The molecule has 7 nitrogen and oxygen atoms in total. The molecule has 0 fully saturated rings. The third-order valence-corrected chi connectivity index (χ3v) is 3.62. The maximum atomic E-state index is 12.5. The molecule has 1 aliphatic rings. The van der Waals surface area contributed by atoms with Crippen LogP contribution in [-0.2, 0) is 11.2 Å². The number of hydrogen-bond acceptors (Lipinski definition) is 5. The fourth-order valence-corrected chi connectivity index (χ4v) is 2.52. The summed E-state index contributed by atoms with van der Waals surface area (Å²) < 4.78 is 17.0. The van der Waals surface area contributed by atoms with Gasteiger partial charge in [-0.3, -0.25) is 14.9 Å². The fourth-order valence-electron chi connectivity index (χ4n) is 2.52. The van der Waals surface area contributed by atoms with Gasteiger partial charge in [0.2, 0.25) is 18.7 Å².